The summed E-state index contributed by atoms with van der Waals surface area (Å²) in [5, 5.41) is 14.4. The first-order valence-electron chi connectivity index (χ1n) is 6.55. The molecule has 94 valence electrons. The first-order chi connectivity index (χ1) is 8.31. The first kappa shape index (κ1) is 12.3. The van der Waals surface area contributed by atoms with Gasteiger partial charge >= 0.3 is 0 Å². The molecule has 0 amide bonds. The van der Waals surface area contributed by atoms with Crippen molar-refractivity contribution in [1.29, 1.82) is 0 Å². The second-order valence-corrected chi connectivity index (χ2v) is 4.67. The number of aliphatic hydroxyl groups excluding tert-OH is 1. The predicted octanol–water partition coefficient (Wildman–Crippen LogP) is 2.61. The maximum atomic E-state index is 10.2. The van der Waals surface area contributed by atoms with E-state index in [1.54, 1.807) is 0 Å². The van der Waals surface area contributed by atoms with E-state index >= 15 is 0 Å². The fourth-order valence-corrected chi connectivity index (χ4v) is 2.34. The van der Waals surface area contributed by atoms with Gasteiger partial charge in [-0.05, 0) is 32.1 Å². The monoisotopic (exact) mass is 235 g/mol. The van der Waals surface area contributed by atoms with E-state index in [4.69, 9.17) is 0 Å². The van der Waals surface area contributed by atoms with Crippen LogP contribution < -0.4 is 0 Å². The first-order valence-corrected chi connectivity index (χ1v) is 6.55. The second-order valence-electron chi connectivity index (χ2n) is 4.67. The van der Waals surface area contributed by atoms with Gasteiger partial charge in [-0.25, -0.2) is 9.67 Å². The second kappa shape index (κ2) is 5.96. The van der Waals surface area contributed by atoms with Crippen molar-refractivity contribution in [2.45, 2.75) is 58.1 Å². The standard InChI is InChI=1S/C13H21N3O/c1-2-8-16-13(14-10-15-16)12(17)9-11-6-4-3-5-7-11/h6,10,12,17H,2-5,7-9H2,1H3. The van der Waals surface area contributed by atoms with E-state index in [2.05, 4.69) is 23.1 Å². The van der Waals surface area contributed by atoms with Gasteiger partial charge in [0.2, 0.25) is 0 Å². The maximum Gasteiger partial charge on any atom is 0.156 e. The van der Waals surface area contributed by atoms with Crippen LogP contribution in [0.2, 0.25) is 0 Å². The molecule has 0 saturated heterocycles. The summed E-state index contributed by atoms with van der Waals surface area (Å²) in [6, 6.07) is 0. The Kier molecular flexibility index (Phi) is 4.31. The Labute approximate surface area is 102 Å². The molecular formula is C13H21N3O. The third-order valence-electron chi connectivity index (χ3n) is 3.22. The normalized spacial score (nSPS) is 17.9. The molecule has 0 bridgehead atoms. The van der Waals surface area contributed by atoms with Crippen molar-refractivity contribution >= 4 is 0 Å². The third kappa shape index (κ3) is 3.16. The SMILES string of the molecule is CCCn1ncnc1C(O)CC1=CCCCC1. The number of allylic oxidation sites excluding steroid dienone is 1. The molecule has 0 saturated carbocycles. The van der Waals surface area contributed by atoms with E-state index < -0.39 is 6.10 Å². The Hall–Kier alpha value is -1.16. The van der Waals surface area contributed by atoms with Crippen molar-refractivity contribution in [3.05, 3.63) is 23.8 Å². The molecule has 1 aromatic heterocycles. The summed E-state index contributed by atoms with van der Waals surface area (Å²) in [6.45, 7) is 2.92. The van der Waals surface area contributed by atoms with Crippen LogP contribution in [-0.2, 0) is 6.54 Å². The van der Waals surface area contributed by atoms with Crippen molar-refractivity contribution in [2.24, 2.45) is 0 Å². The van der Waals surface area contributed by atoms with Gasteiger partial charge in [-0.2, -0.15) is 5.10 Å². The molecule has 1 N–H and O–H groups in total. The summed E-state index contributed by atoms with van der Waals surface area (Å²) in [5.41, 5.74) is 1.37. The minimum Gasteiger partial charge on any atom is -0.385 e. The highest BCUT2D eigenvalue weighted by molar-refractivity contribution is 5.08. The van der Waals surface area contributed by atoms with Gasteiger partial charge in [0.25, 0.3) is 0 Å². The van der Waals surface area contributed by atoms with Gasteiger partial charge in [0, 0.05) is 13.0 Å². The van der Waals surface area contributed by atoms with E-state index in [1.807, 2.05) is 4.68 Å². The topological polar surface area (TPSA) is 50.9 Å². The lowest BCUT2D eigenvalue weighted by Gasteiger charge is -2.16. The van der Waals surface area contributed by atoms with Gasteiger partial charge in [-0.1, -0.05) is 18.6 Å². The smallest absolute Gasteiger partial charge is 0.156 e. The van der Waals surface area contributed by atoms with Crippen molar-refractivity contribution < 1.29 is 5.11 Å². The summed E-state index contributed by atoms with van der Waals surface area (Å²) in [7, 11) is 0. The number of aliphatic hydroxyl groups is 1. The maximum absolute atomic E-state index is 10.2. The summed E-state index contributed by atoms with van der Waals surface area (Å²) in [6.07, 6.45) is 9.83. The Balaban J connectivity index is 2.00. The zero-order chi connectivity index (χ0) is 12.1. The van der Waals surface area contributed by atoms with E-state index in [0.717, 1.165) is 25.8 Å². The zero-order valence-corrected chi connectivity index (χ0v) is 10.5. The molecule has 0 aliphatic heterocycles. The number of rotatable bonds is 5. The fourth-order valence-electron chi connectivity index (χ4n) is 2.34. The molecule has 4 heteroatoms. The average Bonchev–Trinajstić information content (AvgIpc) is 2.79. The van der Waals surface area contributed by atoms with Gasteiger partial charge in [0.15, 0.2) is 5.82 Å². The molecule has 17 heavy (non-hydrogen) atoms. The van der Waals surface area contributed by atoms with Gasteiger partial charge in [-0.3, -0.25) is 0 Å². The third-order valence-corrected chi connectivity index (χ3v) is 3.22. The van der Waals surface area contributed by atoms with Crippen LogP contribution in [0.25, 0.3) is 0 Å². The van der Waals surface area contributed by atoms with Crippen molar-refractivity contribution in [3.63, 3.8) is 0 Å². The van der Waals surface area contributed by atoms with Crippen molar-refractivity contribution in [2.75, 3.05) is 0 Å². The van der Waals surface area contributed by atoms with E-state index in [0.29, 0.717) is 12.2 Å². The van der Waals surface area contributed by atoms with Crippen LogP contribution >= 0.6 is 0 Å². The molecule has 0 spiro atoms. The molecule has 1 atom stereocenters. The van der Waals surface area contributed by atoms with E-state index in [1.165, 1.54) is 24.7 Å². The number of hydrogen-bond acceptors (Lipinski definition) is 3. The number of nitrogens with zero attached hydrogens (tertiary/aromatic N) is 3. The highest BCUT2D eigenvalue weighted by atomic mass is 16.3. The summed E-state index contributed by atoms with van der Waals surface area (Å²) in [4.78, 5) is 4.17. The fraction of sp³-hybridized carbons (Fsp3) is 0.692. The predicted molar refractivity (Wildman–Crippen MR) is 66.4 cm³/mol. The molecule has 4 nitrogen and oxygen atoms in total. The summed E-state index contributed by atoms with van der Waals surface area (Å²) >= 11 is 0. The Bertz CT molecular complexity index is 384. The zero-order valence-electron chi connectivity index (χ0n) is 10.5. The lowest BCUT2D eigenvalue weighted by Crippen LogP contribution is -2.11. The van der Waals surface area contributed by atoms with Crippen LogP contribution in [0.1, 0.15) is 57.4 Å². The minimum atomic E-state index is -0.506. The van der Waals surface area contributed by atoms with E-state index in [9.17, 15) is 5.11 Å². The number of aryl methyl sites for hydroxylation is 1. The summed E-state index contributed by atoms with van der Waals surface area (Å²) < 4.78 is 1.81. The van der Waals surface area contributed by atoms with Crippen LogP contribution in [0.15, 0.2) is 18.0 Å². The Morgan fingerprint density at radius 2 is 2.35 bits per heavy atom. The molecule has 1 aromatic rings. The molecule has 0 fully saturated rings. The summed E-state index contributed by atoms with van der Waals surface area (Å²) in [5.74, 6) is 0.707. The molecule has 2 rings (SSSR count). The highest BCUT2D eigenvalue weighted by Gasteiger charge is 2.17. The molecule has 1 heterocycles. The Morgan fingerprint density at radius 1 is 1.47 bits per heavy atom. The van der Waals surface area contributed by atoms with Crippen LogP contribution in [0.4, 0.5) is 0 Å². The van der Waals surface area contributed by atoms with Crippen LogP contribution in [-0.4, -0.2) is 19.9 Å². The van der Waals surface area contributed by atoms with Gasteiger partial charge < -0.3 is 5.11 Å². The van der Waals surface area contributed by atoms with Crippen molar-refractivity contribution in [3.8, 4) is 0 Å². The van der Waals surface area contributed by atoms with Crippen LogP contribution in [0.3, 0.4) is 0 Å². The Morgan fingerprint density at radius 3 is 3.06 bits per heavy atom. The molecule has 0 radical (unpaired) electrons. The largest absolute Gasteiger partial charge is 0.385 e. The average molecular weight is 235 g/mol. The molecule has 1 unspecified atom stereocenters. The lowest BCUT2D eigenvalue weighted by atomic mass is 9.95. The minimum absolute atomic E-state index is 0.506. The molecule has 1 aliphatic carbocycles. The lowest BCUT2D eigenvalue weighted by molar-refractivity contribution is 0.160. The van der Waals surface area contributed by atoms with Crippen molar-refractivity contribution in [1.82, 2.24) is 14.8 Å². The van der Waals surface area contributed by atoms with Crippen LogP contribution in [0, 0.1) is 0 Å². The molecule has 0 aromatic carbocycles. The molecule has 1 aliphatic rings. The quantitative estimate of drug-likeness (QED) is 0.798. The number of aromatic nitrogens is 3. The number of hydrogen-bond donors (Lipinski definition) is 1. The highest BCUT2D eigenvalue weighted by Crippen LogP contribution is 2.26. The van der Waals surface area contributed by atoms with Crippen LogP contribution in [0.5, 0.6) is 0 Å². The van der Waals surface area contributed by atoms with Gasteiger partial charge in [0.1, 0.15) is 12.4 Å². The van der Waals surface area contributed by atoms with Gasteiger partial charge in [-0.15, -0.1) is 0 Å². The van der Waals surface area contributed by atoms with E-state index in [-0.39, 0.29) is 0 Å². The molecular weight excluding hydrogens is 214 g/mol. The van der Waals surface area contributed by atoms with Gasteiger partial charge in [0.05, 0.1) is 0 Å².